The van der Waals surface area contributed by atoms with Gasteiger partial charge in [-0.1, -0.05) is 11.2 Å². The summed E-state index contributed by atoms with van der Waals surface area (Å²) in [6.45, 7) is 4.34. The van der Waals surface area contributed by atoms with Crippen molar-refractivity contribution < 1.29 is 9.26 Å². The fourth-order valence-electron chi connectivity index (χ4n) is 2.48. The van der Waals surface area contributed by atoms with Gasteiger partial charge in [0.15, 0.2) is 5.82 Å². The van der Waals surface area contributed by atoms with Crippen LogP contribution < -0.4 is 5.32 Å². The number of ether oxygens (including phenoxy) is 1. The average molecular weight is 273 g/mol. The van der Waals surface area contributed by atoms with Gasteiger partial charge in [-0.3, -0.25) is 0 Å². The maximum Gasteiger partial charge on any atom is 0.258 e. The first kappa shape index (κ1) is 13.1. The van der Waals surface area contributed by atoms with Crippen molar-refractivity contribution >= 4 is 5.69 Å². The van der Waals surface area contributed by atoms with E-state index >= 15 is 0 Å². The largest absolute Gasteiger partial charge is 0.385 e. The van der Waals surface area contributed by atoms with E-state index in [0.717, 1.165) is 24.9 Å². The molecule has 1 aliphatic rings. The smallest absolute Gasteiger partial charge is 0.258 e. The third-order valence-electron chi connectivity index (χ3n) is 3.47. The molecule has 20 heavy (non-hydrogen) atoms. The van der Waals surface area contributed by atoms with Crippen LogP contribution in [-0.2, 0) is 17.6 Å². The molecule has 1 aromatic heterocycles. The summed E-state index contributed by atoms with van der Waals surface area (Å²) in [7, 11) is 0. The lowest BCUT2D eigenvalue weighted by Gasteiger charge is -2.19. The Morgan fingerprint density at radius 2 is 2.35 bits per heavy atom. The van der Waals surface area contributed by atoms with Gasteiger partial charge in [0, 0.05) is 30.8 Å². The van der Waals surface area contributed by atoms with Crippen molar-refractivity contribution in [1.82, 2.24) is 10.1 Å². The van der Waals surface area contributed by atoms with Gasteiger partial charge >= 0.3 is 0 Å². The Kier molecular flexibility index (Phi) is 3.97. The van der Waals surface area contributed by atoms with Crippen LogP contribution >= 0.6 is 0 Å². The van der Waals surface area contributed by atoms with E-state index in [2.05, 4.69) is 21.5 Å². The van der Waals surface area contributed by atoms with E-state index in [1.807, 2.05) is 19.1 Å². The quantitative estimate of drug-likeness (QED) is 0.849. The summed E-state index contributed by atoms with van der Waals surface area (Å²) in [5.41, 5.74) is 3.51. The predicted molar refractivity (Wildman–Crippen MR) is 76.7 cm³/mol. The van der Waals surface area contributed by atoms with Gasteiger partial charge < -0.3 is 14.6 Å². The molecule has 2 heterocycles. The number of benzene rings is 1. The van der Waals surface area contributed by atoms with E-state index in [1.165, 1.54) is 11.3 Å². The summed E-state index contributed by atoms with van der Waals surface area (Å²) < 4.78 is 10.7. The third-order valence-corrected chi connectivity index (χ3v) is 3.47. The molecule has 0 spiro atoms. The molecule has 0 saturated carbocycles. The summed E-state index contributed by atoms with van der Waals surface area (Å²) in [5, 5.41) is 7.44. The van der Waals surface area contributed by atoms with E-state index in [4.69, 9.17) is 9.26 Å². The van der Waals surface area contributed by atoms with Crippen molar-refractivity contribution in [3.05, 3.63) is 29.6 Å². The van der Waals surface area contributed by atoms with Gasteiger partial charge in [-0.2, -0.15) is 4.98 Å². The zero-order valence-electron chi connectivity index (χ0n) is 11.7. The topological polar surface area (TPSA) is 60.2 Å². The average Bonchev–Trinajstić information content (AvgIpc) is 2.96. The fraction of sp³-hybridized carbons (Fsp3) is 0.467. The molecule has 0 aliphatic carbocycles. The number of aromatic nitrogens is 2. The Balaban J connectivity index is 1.82. The van der Waals surface area contributed by atoms with Crippen LogP contribution in [0.25, 0.3) is 11.5 Å². The second-order valence-corrected chi connectivity index (χ2v) is 4.82. The van der Waals surface area contributed by atoms with Crippen LogP contribution in [0.2, 0.25) is 0 Å². The first-order valence-electron chi connectivity index (χ1n) is 7.15. The Bertz CT molecular complexity index is 580. The summed E-state index contributed by atoms with van der Waals surface area (Å²) in [5.74, 6) is 1.31. The lowest BCUT2D eigenvalue weighted by atomic mass is 9.97. The Morgan fingerprint density at radius 1 is 1.40 bits per heavy atom. The fourth-order valence-corrected chi connectivity index (χ4v) is 2.48. The van der Waals surface area contributed by atoms with Gasteiger partial charge in [-0.15, -0.1) is 0 Å². The summed E-state index contributed by atoms with van der Waals surface area (Å²) in [6.07, 6.45) is 2.87. The Labute approximate surface area is 118 Å². The molecule has 0 bridgehead atoms. The van der Waals surface area contributed by atoms with Crippen LogP contribution in [0.15, 0.2) is 22.7 Å². The molecule has 0 unspecified atom stereocenters. The normalized spacial score (nSPS) is 13.8. The lowest BCUT2D eigenvalue weighted by molar-refractivity contribution is 0.149. The predicted octanol–water partition coefficient (Wildman–Crippen LogP) is 2.67. The SMILES string of the molecule is CCOCCc1noc(-c2cccc3c2CCCN3)n1. The molecule has 0 atom stereocenters. The van der Waals surface area contributed by atoms with Crippen molar-refractivity contribution in [2.75, 3.05) is 25.1 Å². The van der Waals surface area contributed by atoms with E-state index in [-0.39, 0.29) is 0 Å². The van der Waals surface area contributed by atoms with Crippen LogP contribution in [0.1, 0.15) is 24.7 Å². The maximum atomic E-state index is 5.40. The van der Waals surface area contributed by atoms with Crippen molar-refractivity contribution in [2.45, 2.75) is 26.2 Å². The van der Waals surface area contributed by atoms with Crippen molar-refractivity contribution in [3.63, 3.8) is 0 Å². The highest BCUT2D eigenvalue weighted by Crippen LogP contribution is 2.31. The van der Waals surface area contributed by atoms with E-state index < -0.39 is 0 Å². The number of rotatable bonds is 5. The van der Waals surface area contributed by atoms with Crippen LogP contribution in [0, 0.1) is 0 Å². The molecule has 1 N–H and O–H groups in total. The number of hydrogen-bond donors (Lipinski definition) is 1. The minimum atomic E-state index is 0.608. The highest BCUT2D eigenvalue weighted by atomic mass is 16.5. The molecule has 1 aliphatic heterocycles. The van der Waals surface area contributed by atoms with E-state index in [0.29, 0.717) is 31.3 Å². The zero-order valence-corrected chi connectivity index (χ0v) is 11.7. The van der Waals surface area contributed by atoms with Crippen LogP contribution in [0.3, 0.4) is 0 Å². The first-order valence-corrected chi connectivity index (χ1v) is 7.15. The first-order chi connectivity index (χ1) is 9.88. The van der Waals surface area contributed by atoms with Gasteiger partial charge in [0.25, 0.3) is 5.89 Å². The number of nitrogens with one attached hydrogen (secondary N) is 1. The monoisotopic (exact) mass is 273 g/mol. The molecule has 2 aromatic rings. The summed E-state index contributed by atoms with van der Waals surface area (Å²) in [4.78, 5) is 4.47. The van der Waals surface area contributed by atoms with Gasteiger partial charge in [-0.25, -0.2) is 0 Å². The van der Waals surface area contributed by atoms with Gasteiger partial charge in [0.1, 0.15) is 0 Å². The Morgan fingerprint density at radius 3 is 3.25 bits per heavy atom. The summed E-state index contributed by atoms with van der Waals surface area (Å²) >= 11 is 0. The molecule has 0 radical (unpaired) electrons. The molecule has 5 nitrogen and oxygen atoms in total. The van der Waals surface area contributed by atoms with Gasteiger partial charge in [0.05, 0.1) is 6.61 Å². The number of nitrogens with zero attached hydrogens (tertiary/aromatic N) is 2. The number of anilines is 1. The van der Waals surface area contributed by atoms with Crippen molar-refractivity contribution in [2.24, 2.45) is 0 Å². The molecule has 3 rings (SSSR count). The standard InChI is InChI=1S/C15H19N3O2/c1-2-19-10-8-14-17-15(20-18-14)12-5-3-7-13-11(12)6-4-9-16-13/h3,5,7,16H,2,4,6,8-10H2,1H3. The van der Waals surface area contributed by atoms with Crippen LogP contribution in [-0.4, -0.2) is 29.9 Å². The highest BCUT2D eigenvalue weighted by Gasteiger charge is 2.17. The minimum Gasteiger partial charge on any atom is -0.385 e. The lowest BCUT2D eigenvalue weighted by Crippen LogP contribution is -2.12. The van der Waals surface area contributed by atoms with E-state index in [9.17, 15) is 0 Å². The second-order valence-electron chi connectivity index (χ2n) is 4.82. The molecule has 0 saturated heterocycles. The van der Waals surface area contributed by atoms with Gasteiger partial charge in [0.2, 0.25) is 0 Å². The molecule has 0 fully saturated rings. The number of hydrogen-bond acceptors (Lipinski definition) is 5. The van der Waals surface area contributed by atoms with Crippen LogP contribution in [0.5, 0.6) is 0 Å². The molecule has 5 heteroatoms. The molecule has 106 valence electrons. The van der Waals surface area contributed by atoms with Gasteiger partial charge in [-0.05, 0) is 37.5 Å². The molecule has 1 aromatic carbocycles. The van der Waals surface area contributed by atoms with E-state index in [1.54, 1.807) is 0 Å². The summed E-state index contributed by atoms with van der Waals surface area (Å²) in [6, 6.07) is 6.17. The molecular formula is C15H19N3O2. The van der Waals surface area contributed by atoms with Crippen molar-refractivity contribution in [3.8, 4) is 11.5 Å². The highest BCUT2D eigenvalue weighted by molar-refractivity contribution is 5.69. The molecule has 0 amide bonds. The number of fused-ring (bicyclic) bond motifs is 1. The molecular weight excluding hydrogens is 254 g/mol. The van der Waals surface area contributed by atoms with Crippen molar-refractivity contribution in [1.29, 1.82) is 0 Å². The third kappa shape index (κ3) is 2.67. The maximum absolute atomic E-state index is 5.40. The minimum absolute atomic E-state index is 0.608. The zero-order chi connectivity index (χ0) is 13.8. The Hall–Kier alpha value is -1.88. The second kappa shape index (κ2) is 6.05. The van der Waals surface area contributed by atoms with Crippen LogP contribution in [0.4, 0.5) is 5.69 Å².